The number of nitrogens with zero attached hydrogens (tertiary/aromatic N) is 1. The zero-order chi connectivity index (χ0) is 20.0. The Balaban J connectivity index is 1.70. The van der Waals surface area contributed by atoms with Crippen LogP contribution in [0.5, 0.6) is 0 Å². The highest BCUT2D eigenvalue weighted by Crippen LogP contribution is 2.24. The maximum absolute atomic E-state index is 12.8. The molecule has 1 heterocycles. The molecule has 0 atom stereocenters. The number of morpholine rings is 1. The van der Waals surface area contributed by atoms with Crippen LogP contribution in [0.2, 0.25) is 5.02 Å². The van der Waals surface area contributed by atoms with Gasteiger partial charge in [-0.25, -0.2) is 13.2 Å². The fourth-order valence-corrected chi connectivity index (χ4v) is 4.34. The highest BCUT2D eigenvalue weighted by atomic mass is 35.5. The molecule has 0 amide bonds. The van der Waals surface area contributed by atoms with Gasteiger partial charge in [0.2, 0.25) is 10.0 Å². The molecule has 0 aliphatic carbocycles. The van der Waals surface area contributed by atoms with Gasteiger partial charge in [-0.05, 0) is 29.8 Å². The van der Waals surface area contributed by atoms with Crippen molar-refractivity contribution >= 4 is 33.7 Å². The number of ether oxygens (including phenoxy) is 2. The Labute approximate surface area is 169 Å². The van der Waals surface area contributed by atoms with Crippen molar-refractivity contribution in [3.05, 3.63) is 70.8 Å². The molecule has 0 bridgehead atoms. The van der Waals surface area contributed by atoms with Gasteiger partial charge in [-0.3, -0.25) is 0 Å². The van der Waals surface area contributed by atoms with Gasteiger partial charge in [-0.1, -0.05) is 48.0 Å². The topological polar surface area (TPSA) is 72.9 Å². The van der Waals surface area contributed by atoms with Crippen molar-refractivity contribution in [1.29, 1.82) is 0 Å². The molecule has 148 valence electrons. The first-order chi connectivity index (χ1) is 13.5. The van der Waals surface area contributed by atoms with E-state index in [2.05, 4.69) is 0 Å². The molecule has 0 spiro atoms. The minimum Gasteiger partial charge on any atom is -0.458 e. The van der Waals surface area contributed by atoms with Crippen LogP contribution >= 0.6 is 11.6 Å². The Morgan fingerprint density at radius 1 is 1.14 bits per heavy atom. The third-order valence-electron chi connectivity index (χ3n) is 4.19. The maximum atomic E-state index is 12.8. The minimum atomic E-state index is -3.72. The molecule has 0 saturated carbocycles. The second kappa shape index (κ2) is 9.34. The second-order valence-corrected chi connectivity index (χ2v) is 8.41. The summed E-state index contributed by atoms with van der Waals surface area (Å²) in [7, 11) is -3.72. The first-order valence-corrected chi connectivity index (χ1v) is 10.6. The number of carbonyl (C=O) groups is 1. The van der Waals surface area contributed by atoms with Crippen LogP contribution in [-0.2, 0) is 19.5 Å². The molecule has 0 aromatic heterocycles. The largest absolute Gasteiger partial charge is 0.458 e. The molecule has 1 fully saturated rings. The van der Waals surface area contributed by atoms with Gasteiger partial charge in [0, 0.05) is 13.1 Å². The van der Waals surface area contributed by atoms with Crippen LogP contribution in [0.4, 0.5) is 0 Å². The number of halogens is 1. The Hall–Kier alpha value is -2.19. The molecule has 28 heavy (non-hydrogen) atoms. The number of rotatable bonds is 6. The van der Waals surface area contributed by atoms with Crippen LogP contribution in [0, 0.1) is 0 Å². The van der Waals surface area contributed by atoms with Crippen molar-refractivity contribution in [1.82, 2.24) is 4.31 Å². The number of benzene rings is 2. The van der Waals surface area contributed by atoms with Crippen molar-refractivity contribution in [2.24, 2.45) is 0 Å². The average Bonchev–Trinajstić information content (AvgIpc) is 2.72. The highest BCUT2D eigenvalue weighted by molar-refractivity contribution is 7.89. The molecule has 6 nitrogen and oxygen atoms in total. The first-order valence-electron chi connectivity index (χ1n) is 8.74. The molecule has 0 N–H and O–H groups in total. The molecule has 3 rings (SSSR count). The van der Waals surface area contributed by atoms with Gasteiger partial charge >= 0.3 is 5.97 Å². The van der Waals surface area contributed by atoms with Gasteiger partial charge in [0.25, 0.3) is 0 Å². The van der Waals surface area contributed by atoms with E-state index in [1.807, 2.05) is 36.4 Å². The Kier molecular flexibility index (Phi) is 6.85. The lowest BCUT2D eigenvalue weighted by Gasteiger charge is -2.26. The van der Waals surface area contributed by atoms with Crippen molar-refractivity contribution in [2.75, 3.05) is 32.9 Å². The summed E-state index contributed by atoms with van der Waals surface area (Å²) < 4.78 is 37.2. The standard InChI is InChI=1S/C20H20ClNO5S/c21-19-9-8-17(28(24,25)22-10-13-26-14-11-22)15-18(19)20(23)27-12-4-7-16-5-2-1-3-6-16/h1-9,15H,10-14H2/b7-4-. The Morgan fingerprint density at radius 2 is 1.86 bits per heavy atom. The van der Waals surface area contributed by atoms with Gasteiger partial charge in [0.15, 0.2) is 0 Å². The molecule has 1 saturated heterocycles. The summed E-state index contributed by atoms with van der Waals surface area (Å²) in [5, 5.41) is 0.137. The van der Waals surface area contributed by atoms with Crippen molar-refractivity contribution in [3.63, 3.8) is 0 Å². The fourth-order valence-electron chi connectivity index (χ4n) is 2.71. The molecule has 8 heteroatoms. The lowest BCUT2D eigenvalue weighted by molar-refractivity contribution is 0.0550. The highest BCUT2D eigenvalue weighted by Gasteiger charge is 2.27. The van der Waals surface area contributed by atoms with Gasteiger partial charge in [0.05, 0.1) is 28.7 Å². The van der Waals surface area contributed by atoms with E-state index in [1.54, 1.807) is 6.08 Å². The molecule has 2 aromatic carbocycles. The summed E-state index contributed by atoms with van der Waals surface area (Å²) in [4.78, 5) is 12.4. The Bertz CT molecular complexity index is 954. The van der Waals surface area contributed by atoms with Crippen LogP contribution < -0.4 is 0 Å². The van der Waals surface area contributed by atoms with Crippen LogP contribution in [0.3, 0.4) is 0 Å². The van der Waals surface area contributed by atoms with Crippen LogP contribution in [0.25, 0.3) is 6.08 Å². The van der Waals surface area contributed by atoms with Gasteiger partial charge in [0.1, 0.15) is 6.61 Å². The fraction of sp³-hybridized carbons (Fsp3) is 0.250. The maximum Gasteiger partial charge on any atom is 0.340 e. The van der Waals surface area contributed by atoms with E-state index in [4.69, 9.17) is 21.1 Å². The third kappa shape index (κ3) is 4.99. The molecular formula is C20H20ClNO5S. The van der Waals surface area contributed by atoms with Crippen LogP contribution in [0.15, 0.2) is 59.5 Å². The molecule has 1 aliphatic heterocycles. The van der Waals surface area contributed by atoms with E-state index in [1.165, 1.54) is 22.5 Å². The summed E-state index contributed by atoms with van der Waals surface area (Å²) >= 11 is 6.09. The van der Waals surface area contributed by atoms with E-state index < -0.39 is 16.0 Å². The van der Waals surface area contributed by atoms with Crippen LogP contribution in [-0.4, -0.2) is 51.6 Å². The summed E-state index contributed by atoms with van der Waals surface area (Å²) in [5.41, 5.74) is 0.999. The van der Waals surface area contributed by atoms with E-state index in [0.29, 0.717) is 13.2 Å². The third-order valence-corrected chi connectivity index (χ3v) is 6.41. The van der Waals surface area contributed by atoms with Crippen molar-refractivity contribution in [3.8, 4) is 0 Å². The predicted molar refractivity (Wildman–Crippen MR) is 107 cm³/mol. The number of sulfonamides is 1. The number of carbonyl (C=O) groups excluding carboxylic acids is 1. The normalized spacial score (nSPS) is 15.6. The monoisotopic (exact) mass is 421 g/mol. The molecule has 2 aromatic rings. The summed E-state index contributed by atoms with van der Waals surface area (Å²) in [6, 6.07) is 13.6. The van der Waals surface area contributed by atoms with Gasteiger partial charge < -0.3 is 9.47 Å². The molecule has 0 unspecified atom stereocenters. The number of hydrogen-bond donors (Lipinski definition) is 0. The summed E-state index contributed by atoms with van der Waals surface area (Å²) in [6.45, 7) is 1.28. The molecule has 0 radical (unpaired) electrons. The quantitative estimate of drug-likeness (QED) is 0.669. The number of hydrogen-bond acceptors (Lipinski definition) is 5. The second-order valence-electron chi connectivity index (χ2n) is 6.07. The average molecular weight is 422 g/mol. The summed E-state index contributed by atoms with van der Waals surface area (Å²) in [5.74, 6) is -0.679. The van der Waals surface area contributed by atoms with E-state index in [9.17, 15) is 13.2 Å². The first kappa shape index (κ1) is 20.5. The van der Waals surface area contributed by atoms with Gasteiger partial charge in [-0.15, -0.1) is 0 Å². The predicted octanol–water partition coefficient (Wildman–Crippen LogP) is 3.23. The molecular weight excluding hydrogens is 402 g/mol. The van der Waals surface area contributed by atoms with Crippen LogP contribution in [0.1, 0.15) is 15.9 Å². The van der Waals surface area contributed by atoms with Gasteiger partial charge in [-0.2, -0.15) is 4.31 Å². The zero-order valence-corrected chi connectivity index (χ0v) is 16.7. The smallest absolute Gasteiger partial charge is 0.340 e. The lowest BCUT2D eigenvalue weighted by Crippen LogP contribution is -2.40. The SMILES string of the molecule is O=C(OC/C=C\c1ccccc1)c1cc(S(=O)(=O)N2CCOCC2)ccc1Cl. The minimum absolute atomic E-state index is 0.00516. The number of esters is 1. The molecule has 1 aliphatic rings. The Morgan fingerprint density at radius 3 is 2.57 bits per heavy atom. The zero-order valence-electron chi connectivity index (χ0n) is 15.1. The van der Waals surface area contributed by atoms with Crippen molar-refractivity contribution in [2.45, 2.75) is 4.90 Å². The van der Waals surface area contributed by atoms with E-state index in [0.717, 1.165) is 5.56 Å². The van der Waals surface area contributed by atoms with E-state index >= 15 is 0 Å². The van der Waals surface area contributed by atoms with E-state index in [-0.39, 0.29) is 35.2 Å². The summed E-state index contributed by atoms with van der Waals surface area (Å²) in [6.07, 6.45) is 3.53. The lowest BCUT2D eigenvalue weighted by atomic mass is 10.2. The van der Waals surface area contributed by atoms with Crippen molar-refractivity contribution < 1.29 is 22.7 Å².